The standard InChI is InChI=1S/C14H13.Li/c1-11-8-9-14(10-12(11)2)13-6-4-3-5-7-13;/h3-9H,1-2H3;. The molecule has 0 aromatic heterocycles. The molecule has 0 saturated carbocycles. The van der Waals surface area contributed by atoms with E-state index in [2.05, 4.69) is 74.0 Å². The summed E-state index contributed by atoms with van der Waals surface area (Å²) >= 11 is 2.20. The average Bonchev–Trinajstić information content (AvgIpc) is 2.27. The molecule has 0 unspecified atom stereocenters. The van der Waals surface area contributed by atoms with Gasteiger partial charge in [0.1, 0.15) is 0 Å². The molecule has 0 radical (unpaired) electrons. The zero-order chi connectivity index (χ0) is 10.8. The van der Waals surface area contributed by atoms with E-state index >= 15 is 0 Å². The van der Waals surface area contributed by atoms with E-state index in [0.717, 1.165) is 0 Å². The van der Waals surface area contributed by atoms with E-state index < -0.39 is 0 Å². The Kier molecular flexibility index (Phi) is 3.00. The molecule has 0 N–H and O–H groups in total. The fraction of sp³-hybridized carbons (Fsp3) is 0.143. The van der Waals surface area contributed by atoms with Crippen molar-refractivity contribution in [3.05, 3.63) is 53.6 Å². The van der Waals surface area contributed by atoms with Crippen molar-refractivity contribution in [3.63, 3.8) is 0 Å². The van der Waals surface area contributed by atoms with Gasteiger partial charge in [-0.25, -0.2) is 0 Å². The zero-order valence-electron chi connectivity index (χ0n) is 9.54. The molecule has 2 aromatic carbocycles. The molecule has 0 nitrogen and oxygen atoms in total. The summed E-state index contributed by atoms with van der Waals surface area (Å²) in [5.41, 5.74) is 5.42. The second kappa shape index (κ2) is 4.27. The van der Waals surface area contributed by atoms with Crippen LogP contribution in [0.1, 0.15) is 11.1 Å². The van der Waals surface area contributed by atoms with Gasteiger partial charge in [-0.05, 0) is 0 Å². The molecule has 70 valence electrons. The SMILES string of the molecule is [Li][c]1c(-c2ccccc2)ccc(C)c1C. The summed E-state index contributed by atoms with van der Waals surface area (Å²) < 4.78 is 1.39. The van der Waals surface area contributed by atoms with Gasteiger partial charge in [-0.2, -0.15) is 0 Å². The van der Waals surface area contributed by atoms with Crippen molar-refractivity contribution in [3.8, 4) is 11.1 Å². The molecule has 0 fully saturated rings. The minimum atomic E-state index is 1.30. The topological polar surface area (TPSA) is 0 Å². The minimum absolute atomic E-state index is 1.30. The van der Waals surface area contributed by atoms with Crippen molar-refractivity contribution in [1.29, 1.82) is 0 Å². The van der Waals surface area contributed by atoms with Crippen LogP contribution < -0.4 is 4.24 Å². The molecule has 0 amide bonds. The molecule has 2 rings (SSSR count). The predicted molar refractivity (Wildman–Crippen MR) is 66.7 cm³/mol. The van der Waals surface area contributed by atoms with E-state index in [4.69, 9.17) is 0 Å². The molecule has 2 aromatic rings. The van der Waals surface area contributed by atoms with Gasteiger partial charge in [0.15, 0.2) is 0 Å². The number of rotatable bonds is 1. The molecule has 0 aliphatic carbocycles. The summed E-state index contributed by atoms with van der Waals surface area (Å²) in [6.45, 7) is 4.36. The molecule has 0 saturated heterocycles. The molecule has 0 aliphatic rings. The van der Waals surface area contributed by atoms with Gasteiger partial charge < -0.3 is 0 Å². The number of hydrogen-bond donors (Lipinski definition) is 0. The third-order valence-electron chi connectivity index (χ3n) is 3.14. The van der Waals surface area contributed by atoms with Crippen molar-refractivity contribution in [2.75, 3.05) is 0 Å². The van der Waals surface area contributed by atoms with E-state index in [9.17, 15) is 0 Å². The third kappa shape index (κ3) is 2.02. The van der Waals surface area contributed by atoms with Gasteiger partial charge in [0.2, 0.25) is 0 Å². The van der Waals surface area contributed by atoms with Crippen LogP contribution in [0.15, 0.2) is 42.5 Å². The Bertz CT molecular complexity index is 472. The molecule has 1 heteroatoms. The first-order valence-corrected chi connectivity index (χ1v) is 5.32. The molecule has 0 atom stereocenters. The van der Waals surface area contributed by atoms with Crippen LogP contribution in [0.4, 0.5) is 0 Å². The van der Waals surface area contributed by atoms with Gasteiger partial charge >= 0.3 is 101 Å². The molecule has 0 aliphatic heterocycles. The first kappa shape index (κ1) is 10.6. The Balaban J connectivity index is 2.60. The molecule has 0 spiro atoms. The van der Waals surface area contributed by atoms with Crippen LogP contribution in [-0.2, 0) is 0 Å². The van der Waals surface area contributed by atoms with Crippen molar-refractivity contribution in [2.45, 2.75) is 13.8 Å². The van der Waals surface area contributed by atoms with Crippen molar-refractivity contribution in [2.24, 2.45) is 0 Å². The number of hydrogen-bond acceptors (Lipinski definition) is 0. The van der Waals surface area contributed by atoms with Crippen LogP contribution in [0.25, 0.3) is 11.1 Å². The van der Waals surface area contributed by atoms with Gasteiger partial charge in [-0.1, -0.05) is 0 Å². The molecule has 0 bridgehead atoms. The van der Waals surface area contributed by atoms with Gasteiger partial charge in [-0.3, -0.25) is 0 Å². The fourth-order valence-electron chi connectivity index (χ4n) is 1.89. The van der Waals surface area contributed by atoms with E-state index in [1.807, 2.05) is 0 Å². The molecule has 15 heavy (non-hydrogen) atoms. The van der Waals surface area contributed by atoms with Crippen LogP contribution in [0.2, 0.25) is 0 Å². The van der Waals surface area contributed by atoms with Crippen molar-refractivity contribution in [1.82, 2.24) is 0 Å². The Morgan fingerprint density at radius 1 is 0.867 bits per heavy atom. The maximum atomic E-state index is 2.22. The van der Waals surface area contributed by atoms with E-state index in [1.54, 1.807) is 0 Å². The number of aryl methyl sites for hydroxylation is 1. The summed E-state index contributed by atoms with van der Waals surface area (Å²) in [4.78, 5) is 0. The van der Waals surface area contributed by atoms with E-state index in [1.165, 1.54) is 26.5 Å². The summed E-state index contributed by atoms with van der Waals surface area (Å²) in [5.74, 6) is 0. The molecule has 0 heterocycles. The fourth-order valence-corrected chi connectivity index (χ4v) is 1.89. The summed E-state index contributed by atoms with van der Waals surface area (Å²) in [5, 5.41) is 0. The zero-order valence-corrected chi connectivity index (χ0v) is 9.54. The van der Waals surface area contributed by atoms with Crippen LogP contribution in [-0.4, -0.2) is 17.7 Å². The van der Waals surface area contributed by atoms with Crippen LogP contribution in [0.3, 0.4) is 0 Å². The Morgan fingerprint density at radius 2 is 1.53 bits per heavy atom. The molecular formula is C14H13Li. The average molecular weight is 188 g/mol. The Labute approximate surface area is 101 Å². The monoisotopic (exact) mass is 188 g/mol. The van der Waals surface area contributed by atoms with Crippen LogP contribution in [0.5, 0.6) is 0 Å². The van der Waals surface area contributed by atoms with Crippen molar-refractivity contribution < 1.29 is 0 Å². The second-order valence-electron chi connectivity index (χ2n) is 4.05. The Morgan fingerprint density at radius 3 is 2.20 bits per heavy atom. The van der Waals surface area contributed by atoms with Gasteiger partial charge in [0, 0.05) is 0 Å². The first-order valence-electron chi connectivity index (χ1n) is 5.32. The predicted octanol–water partition coefficient (Wildman–Crippen LogP) is 2.76. The Hall–Kier alpha value is -0.963. The quantitative estimate of drug-likeness (QED) is 0.603. The van der Waals surface area contributed by atoms with Crippen LogP contribution >= 0.6 is 0 Å². The van der Waals surface area contributed by atoms with Gasteiger partial charge in [0.25, 0.3) is 0 Å². The van der Waals surface area contributed by atoms with Crippen LogP contribution in [0, 0.1) is 13.8 Å². The second-order valence-corrected chi connectivity index (χ2v) is 4.05. The van der Waals surface area contributed by atoms with Gasteiger partial charge in [0.05, 0.1) is 0 Å². The first-order chi connectivity index (χ1) is 7.20. The number of benzene rings is 2. The normalized spacial score (nSPS) is 10.4. The summed E-state index contributed by atoms with van der Waals surface area (Å²) in [7, 11) is 0. The van der Waals surface area contributed by atoms with Gasteiger partial charge in [-0.15, -0.1) is 0 Å². The van der Waals surface area contributed by atoms with E-state index in [-0.39, 0.29) is 0 Å². The molecular weight excluding hydrogens is 175 g/mol. The van der Waals surface area contributed by atoms with Crippen molar-refractivity contribution >= 4 is 22.0 Å². The maximum absolute atomic E-state index is 2.22. The third-order valence-corrected chi connectivity index (χ3v) is 3.14. The summed E-state index contributed by atoms with van der Waals surface area (Å²) in [6, 6.07) is 15.0. The van der Waals surface area contributed by atoms with E-state index in [0.29, 0.717) is 0 Å². The summed E-state index contributed by atoms with van der Waals surface area (Å²) in [6.07, 6.45) is 0.